The van der Waals surface area contributed by atoms with E-state index in [0.717, 1.165) is 6.07 Å². The molecule has 2 rings (SSSR count). The van der Waals surface area contributed by atoms with E-state index in [0.29, 0.717) is 5.56 Å². The van der Waals surface area contributed by atoms with Crippen LogP contribution in [0, 0.1) is 0 Å². The first kappa shape index (κ1) is 17.5. The summed E-state index contributed by atoms with van der Waals surface area (Å²) in [5, 5.41) is 18.7. The maximum Gasteiger partial charge on any atom is 0.536 e. The number of hydrogen-bond donors (Lipinski definition) is 5. The first-order chi connectivity index (χ1) is 10.6. The summed E-state index contributed by atoms with van der Waals surface area (Å²) in [5.41, 5.74) is 0.681. The van der Waals surface area contributed by atoms with Crippen LogP contribution in [0.3, 0.4) is 0 Å². The van der Waals surface area contributed by atoms with E-state index in [-0.39, 0.29) is 22.8 Å². The Morgan fingerprint density at radius 2 is 1.39 bits per heavy atom. The SMILES string of the molecule is O=P(O)(O)OP(=O)(O)Oc1cc(O)ccc1-c1ccc(O)cc1. The molecule has 11 heteroatoms. The fraction of sp³-hybridized carbons (Fsp3) is 0. The summed E-state index contributed by atoms with van der Waals surface area (Å²) >= 11 is 0. The molecule has 9 nitrogen and oxygen atoms in total. The number of aromatic hydroxyl groups is 2. The number of phenols is 2. The van der Waals surface area contributed by atoms with E-state index >= 15 is 0 Å². The molecule has 2 aromatic rings. The number of phosphoric acid groups is 2. The topological polar surface area (TPSA) is 154 Å². The van der Waals surface area contributed by atoms with Gasteiger partial charge in [0.25, 0.3) is 0 Å². The summed E-state index contributed by atoms with van der Waals surface area (Å²) in [4.78, 5) is 26.6. The highest BCUT2D eigenvalue weighted by molar-refractivity contribution is 7.60. The molecule has 1 atom stereocenters. The molecular formula is C12H12O9P2. The molecule has 0 aliphatic carbocycles. The molecule has 0 aliphatic rings. The first-order valence-electron chi connectivity index (χ1n) is 5.97. The molecule has 0 bridgehead atoms. The van der Waals surface area contributed by atoms with Crippen molar-refractivity contribution in [1.82, 2.24) is 0 Å². The minimum Gasteiger partial charge on any atom is -0.508 e. The first-order valence-corrected chi connectivity index (χ1v) is 9.00. The number of phosphoric ester groups is 1. The van der Waals surface area contributed by atoms with E-state index in [2.05, 4.69) is 8.83 Å². The maximum absolute atomic E-state index is 11.6. The molecule has 0 amide bonds. The minimum absolute atomic E-state index is 0.00680. The second-order valence-corrected chi connectivity index (χ2v) is 7.11. The zero-order valence-electron chi connectivity index (χ0n) is 11.3. The molecular weight excluding hydrogens is 350 g/mol. The second-order valence-electron chi connectivity index (χ2n) is 4.36. The third-order valence-electron chi connectivity index (χ3n) is 2.57. The molecule has 0 saturated carbocycles. The van der Waals surface area contributed by atoms with Gasteiger partial charge in [-0.05, 0) is 29.8 Å². The Hall–Kier alpha value is -1.86. The van der Waals surface area contributed by atoms with Gasteiger partial charge in [-0.2, -0.15) is 4.31 Å². The van der Waals surface area contributed by atoms with Gasteiger partial charge in [0.15, 0.2) is 0 Å². The molecule has 5 N–H and O–H groups in total. The number of hydrogen-bond acceptors (Lipinski definition) is 6. The third-order valence-corrected chi connectivity index (χ3v) is 4.67. The van der Waals surface area contributed by atoms with Crippen molar-refractivity contribution in [2.24, 2.45) is 0 Å². The molecule has 0 heterocycles. The van der Waals surface area contributed by atoms with Crippen LogP contribution in [-0.2, 0) is 13.4 Å². The van der Waals surface area contributed by atoms with E-state index in [1.807, 2.05) is 0 Å². The molecule has 0 fully saturated rings. The van der Waals surface area contributed by atoms with Crippen molar-refractivity contribution in [2.75, 3.05) is 0 Å². The molecule has 124 valence electrons. The largest absolute Gasteiger partial charge is 0.536 e. The summed E-state index contributed by atoms with van der Waals surface area (Å²) < 4.78 is 30.7. The lowest BCUT2D eigenvalue weighted by atomic mass is 10.0. The van der Waals surface area contributed by atoms with Gasteiger partial charge in [-0.1, -0.05) is 12.1 Å². The molecule has 1 unspecified atom stereocenters. The van der Waals surface area contributed by atoms with E-state index in [1.54, 1.807) is 0 Å². The van der Waals surface area contributed by atoms with Gasteiger partial charge in [-0.3, -0.25) is 4.89 Å². The normalized spacial score (nSPS) is 14.2. The van der Waals surface area contributed by atoms with E-state index in [9.17, 15) is 24.2 Å². The zero-order chi connectivity index (χ0) is 17.3. The fourth-order valence-corrected chi connectivity index (χ4v) is 3.35. The van der Waals surface area contributed by atoms with Gasteiger partial charge in [0.1, 0.15) is 17.2 Å². The quantitative estimate of drug-likeness (QED) is 0.504. The Morgan fingerprint density at radius 1 is 0.826 bits per heavy atom. The van der Waals surface area contributed by atoms with Gasteiger partial charge in [0.2, 0.25) is 0 Å². The van der Waals surface area contributed by atoms with Crippen LogP contribution in [0.1, 0.15) is 0 Å². The van der Waals surface area contributed by atoms with Crippen molar-refractivity contribution in [1.29, 1.82) is 0 Å². The molecule has 0 aliphatic heterocycles. The third kappa shape index (κ3) is 5.07. The average Bonchev–Trinajstić information content (AvgIpc) is 2.37. The molecule has 0 spiro atoms. The van der Waals surface area contributed by atoms with Crippen LogP contribution in [0.5, 0.6) is 17.2 Å². The standard InChI is InChI=1S/C12H12O9P2/c13-9-3-1-8(2-4-9)11-6-5-10(14)7-12(11)20-23(18,19)21-22(15,16)17/h1-7,13-14H,(H,18,19)(H2,15,16,17). The summed E-state index contributed by atoms with van der Waals surface area (Å²) in [6.45, 7) is 0. The van der Waals surface area contributed by atoms with Crippen LogP contribution in [0.2, 0.25) is 0 Å². The molecule has 0 aromatic heterocycles. The Balaban J connectivity index is 2.42. The highest BCUT2D eigenvalue weighted by Gasteiger charge is 2.34. The molecule has 23 heavy (non-hydrogen) atoms. The van der Waals surface area contributed by atoms with Gasteiger partial charge in [0.05, 0.1) is 0 Å². The predicted molar refractivity (Wildman–Crippen MR) is 78.8 cm³/mol. The summed E-state index contributed by atoms with van der Waals surface area (Å²) in [6.07, 6.45) is 0. The van der Waals surface area contributed by atoms with Gasteiger partial charge in [-0.15, -0.1) is 0 Å². The van der Waals surface area contributed by atoms with Crippen molar-refractivity contribution < 1.29 is 42.9 Å². The van der Waals surface area contributed by atoms with Crippen molar-refractivity contribution in [3.8, 4) is 28.4 Å². The summed E-state index contributed by atoms with van der Waals surface area (Å²) in [6, 6.07) is 9.28. The van der Waals surface area contributed by atoms with Gasteiger partial charge < -0.3 is 24.5 Å². The Bertz CT molecular complexity index is 797. The van der Waals surface area contributed by atoms with Crippen molar-refractivity contribution in [3.63, 3.8) is 0 Å². The van der Waals surface area contributed by atoms with Crippen molar-refractivity contribution >= 4 is 15.6 Å². The van der Waals surface area contributed by atoms with E-state index in [4.69, 9.17) is 9.79 Å². The van der Waals surface area contributed by atoms with Crippen molar-refractivity contribution in [2.45, 2.75) is 0 Å². The zero-order valence-corrected chi connectivity index (χ0v) is 13.1. The minimum atomic E-state index is -5.26. The molecule has 2 aromatic carbocycles. The van der Waals surface area contributed by atoms with Crippen LogP contribution in [0.25, 0.3) is 11.1 Å². The Kier molecular flexibility index (Phi) is 4.81. The highest BCUT2D eigenvalue weighted by Crippen LogP contribution is 2.58. The van der Waals surface area contributed by atoms with Crippen LogP contribution in [0.4, 0.5) is 0 Å². The van der Waals surface area contributed by atoms with E-state index < -0.39 is 15.6 Å². The predicted octanol–water partition coefficient (Wildman–Crippen LogP) is 2.35. The van der Waals surface area contributed by atoms with Gasteiger partial charge in [-0.25, -0.2) is 9.13 Å². The maximum atomic E-state index is 11.6. The highest BCUT2D eigenvalue weighted by atomic mass is 31.3. The molecule has 0 saturated heterocycles. The second kappa shape index (κ2) is 6.33. The van der Waals surface area contributed by atoms with Gasteiger partial charge in [0, 0.05) is 11.6 Å². The van der Waals surface area contributed by atoms with Crippen molar-refractivity contribution in [3.05, 3.63) is 42.5 Å². The average molecular weight is 362 g/mol. The lowest BCUT2D eigenvalue weighted by molar-refractivity contribution is 0.229. The fourth-order valence-electron chi connectivity index (χ4n) is 1.74. The lowest BCUT2D eigenvalue weighted by Crippen LogP contribution is -1.97. The monoisotopic (exact) mass is 362 g/mol. The summed E-state index contributed by atoms with van der Waals surface area (Å²) in [7, 11) is -10.4. The number of rotatable bonds is 5. The Labute approximate surface area is 130 Å². The molecule has 0 radical (unpaired) electrons. The lowest BCUT2D eigenvalue weighted by Gasteiger charge is -2.16. The van der Waals surface area contributed by atoms with Crippen LogP contribution in [-0.4, -0.2) is 24.9 Å². The number of phenolic OH excluding ortho intramolecular Hbond substituents is 2. The van der Waals surface area contributed by atoms with E-state index in [1.165, 1.54) is 36.4 Å². The van der Waals surface area contributed by atoms with Crippen LogP contribution < -0.4 is 4.52 Å². The Morgan fingerprint density at radius 3 is 1.96 bits per heavy atom. The van der Waals surface area contributed by atoms with Crippen LogP contribution in [0.15, 0.2) is 42.5 Å². The van der Waals surface area contributed by atoms with Gasteiger partial charge >= 0.3 is 15.6 Å². The van der Waals surface area contributed by atoms with Crippen LogP contribution >= 0.6 is 15.6 Å². The number of benzene rings is 2. The smallest absolute Gasteiger partial charge is 0.508 e. The summed E-state index contributed by atoms with van der Waals surface area (Å²) in [5.74, 6) is -0.652.